The minimum atomic E-state index is 0. The maximum atomic E-state index is 4.27. The second-order valence-electron chi connectivity index (χ2n) is 0.0680. The molecule has 24 valence electrons. The summed E-state index contributed by atoms with van der Waals surface area (Å²) in [6.45, 7) is 0. The molecule has 0 saturated carbocycles. The molecule has 0 fully saturated rings. The first-order chi connectivity index (χ1) is 1.41. The van der Waals surface area contributed by atoms with Crippen molar-refractivity contribution >= 4 is 49.9 Å². The number of hydrogen-bond donors (Lipinski definition) is 0. The van der Waals surface area contributed by atoms with E-state index in [9.17, 15) is 0 Å². The molecule has 4 heavy (non-hydrogen) atoms. The van der Waals surface area contributed by atoms with Crippen LogP contribution in [0.25, 0.3) is 0 Å². The van der Waals surface area contributed by atoms with Crippen LogP contribution >= 0.6 is 21.1 Å². The molecular weight excluding hydrogens is 222 g/mol. The van der Waals surface area contributed by atoms with Gasteiger partial charge in [-0.2, -0.15) is 0 Å². The van der Waals surface area contributed by atoms with Crippen LogP contribution in [-0.4, -0.2) is 28.8 Å². The molecule has 2 radical (unpaired) electrons. The Kier molecular flexibility index (Phi) is 20.0. The van der Waals surface area contributed by atoms with E-state index in [4.69, 9.17) is 0 Å². The molecule has 0 bridgehead atoms. The first-order valence-corrected chi connectivity index (χ1v) is 5.20. The van der Waals surface area contributed by atoms with Crippen molar-refractivity contribution in [1.82, 2.24) is 0 Å². The van der Waals surface area contributed by atoms with Crippen LogP contribution in [-0.2, 0) is 0 Å². The van der Waals surface area contributed by atoms with Gasteiger partial charge in [-0.05, 0) is 0 Å². The average molecular weight is 222 g/mol. The summed E-state index contributed by atoms with van der Waals surface area (Å²) in [5.41, 5.74) is 0. The van der Waals surface area contributed by atoms with Crippen LogP contribution in [0.3, 0.4) is 0 Å². The fourth-order valence-corrected chi connectivity index (χ4v) is 0. The molecule has 0 aliphatic carbocycles. The van der Waals surface area contributed by atoms with Crippen LogP contribution in [0.2, 0.25) is 0 Å². The van der Waals surface area contributed by atoms with Crippen LogP contribution in [0, 0.1) is 0 Å². The van der Waals surface area contributed by atoms with Gasteiger partial charge >= 0.3 is 32.8 Å². The Bertz CT molecular complexity index is 25.0. The van der Waals surface area contributed by atoms with Crippen LogP contribution in [0.4, 0.5) is 0 Å². The summed E-state index contributed by atoms with van der Waals surface area (Å²) in [5.74, 6) is 0. The summed E-state index contributed by atoms with van der Waals surface area (Å²) in [7, 11) is 8.54. The molecule has 0 aromatic rings. The molecule has 0 nitrogen and oxygen atoms in total. The van der Waals surface area contributed by atoms with Crippen molar-refractivity contribution in [3.63, 3.8) is 0 Å². The van der Waals surface area contributed by atoms with Gasteiger partial charge in [0.1, 0.15) is 0 Å². The Labute approximate surface area is 49.7 Å². The van der Waals surface area contributed by atoms with Gasteiger partial charge in [-0.1, -0.05) is 0 Å². The van der Waals surface area contributed by atoms with Gasteiger partial charge in [-0.15, -0.1) is 0 Å². The molecular formula is S2Se2. The quantitative estimate of drug-likeness (QED) is 0.548. The van der Waals surface area contributed by atoms with Crippen molar-refractivity contribution in [3.8, 4) is 0 Å². The smallest absolute Gasteiger partial charge is 0 e. The molecule has 0 unspecified atom stereocenters. The van der Waals surface area contributed by atoms with Crippen molar-refractivity contribution in [2.75, 3.05) is 0 Å². The zero-order valence-corrected chi connectivity index (χ0v) is 6.69. The molecule has 0 atom stereocenters. The van der Waals surface area contributed by atoms with E-state index in [1.165, 1.54) is 0 Å². The van der Waals surface area contributed by atoms with Crippen LogP contribution in [0.15, 0.2) is 0 Å². The molecule has 0 N–H and O–H groups in total. The summed E-state index contributed by atoms with van der Waals surface area (Å²) < 4.78 is 0. The van der Waals surface area contributed by atoms with E-state index in [0.717, 1.165) is 0 Å². The average Bonchev–Trinajstić information content (AvgIpc) is 0.918. The van der Waals surface area contributed by atoms with Crippen molar-refractivity contribution < 1.29 is 0 Å². The van der Waals surface area contributed by atoms with Gasteiger partial charge in [0.05, 0.1) is 0 Å². The summed E-state index contributed by atoms with van der Waals surface area (Å²) >= 11 is 0.0417. The van der Waals surface area contributed by atoms with Gasteiger partial charge in [0.25, 0.3) is 0 Å². The number of rotatable bonds is 0. The third-order valence-electron chi connectivity index (χ3n) is 0. The van der Waals surface area contributed by atoms with Crippen molar-refractivity contribution in [1.29, 1.82) is 0 Å². The largest absolute Gasteiger partial charge is 0 e. The Balaban J connectivity index is 0. The fraction of sp³-hybridized carbons (Fsp3) is 0. The standard InChI is InChI=1S/S2Se.Se/c1-3-2;. The fourth-order valence-electron chi connectivity index (χ4n) is 0. The molecule has 0 amide bonds. The molecule has 0 aliphatic rings. The predicted molar refractivity (Wildman–Crippen MR) is 26.7 cm³/mol. The summed E-state index contributed by atoms with van der Waals surface area (Å²) in [5, 5.41) is 0. The molecule has 0 aromatic heterocycles. The molecule has 0 aromatic carbocycles. The van der Waals surface area contributed by atoms with Crippen molar-refractivity contribution in [2.24, 2.45) is 0 Å². The summed E-state index contributed by atoms with van der Waals surface area (Å²) in [4.78, 5) is 0. The van der Waals surface area contributed by atoms with E-state index in [-0.39, 0.29) is 28.8 Å². The van der Waals surface area contributed by atoms with E-state index in [0.29, 0.717) is 0 Å². The van der Waals surface area contributed by atoms with Crippen LogP contribution < -0.4 is 0 Å². The van der Waals surface area contributed by atoms with Gasteiger partial charge < -0.3 is 0 Å². The molecule has 0 rings (SSSR count). The maximum Gasteiger partial charge on any atom is 0 e. The van der Waals surface area contributed by atoms with E-state index >= 15 is 0 Å². The van der Waals surface area contributed by atoms with Gasteiger partial charge in [0.2, 0.25) is 0 Å². The van der Waals surface area contributed by atoms with Gasteiger partial charge in [-0.25, -0.2) is 0 Å². The van der Waals surface area contributed by atoms with Gasteiger partial charge in [0.15, 0.2) is 0 Å². The van der Waals surface area contributed by atoms with E-state index in [2.05, 4.69) is 21.1 Å². The summed E-state index contributed by atoms with van der Waals surface area (Å²) in [6.07, 6.45) is 0. The maximum absolute atomic E-state index is 4.27. The summed E-state index contributed by atoms with van der Waals surface area (Å²) in [6, 6.07) is 0. The van der Waals surface area contributed by atoms with Crippen molar-refractivity contribution in [3.05, 3.63) is 0 Å². The minimum absolute atomic E-state index is 0. The van der Waals surface area contributed by atoms with E-state index in [1.807, 2.05) is 0 Å². The van der Waals surface area contributed by atoms with Crippen LogP contribution in [0.5, 0.6) is 0 Å². The van der Waals surface area contributed by atoms with E-state index in [1.54, 1.807) is 0 Å². The van der Waals surface area contributed by atoms with Gasteiger partial charge in [-0.3, -0.25) is 0 Å². The molecule has 0 aliphatic heterocycles. The first-order valence-electron chi connectivity index (χ1n) is 0.333. The Hall–Kier alpha value is 1.48. The van der Waals surface area contributed by atoms with Crippen LogP contribution in [0.1, 0.15) is 0 Å². The molecule has 0 saturated heterocycles. The molecule has 4 heteroatoms. The Morgan fingerprint density at radius 3 is 1.25 bits per heavy atom. The third-order valence-corrected chi connectivity index (χ3v) is 0. The Morgan fingerprint density at radius 1 is 1.25 bits per heavy atom. The monoisotopic (exact) mass is 224 g/mol. The SMILES string of the molecule is S=[Se]=S.[Se]. The minimum Gasteiger partial charge on any atom is 0 e. The number of hydrogen-bond acceptors (Lipinski definition) is 2. The predicted octanol–water partition coefficient (Wildman–Crippen LogP) is 0.535. The molecule has 0 heterocycles. The zero-order valence-electron chi connectivity index (χ0n) is 1.63. The topological polar surface area (TPSA) is 0 Å². The van der Waals surface area contributed by atoms with Crippen molar-refractivity contribution in [2.45, 2.75) is 0 Å². The second kappa shape index (κ2) is 8.82. The van der Waals surface area contributed by atoms with E-state index < -0.39 is 0 Å². The van der Waals surface area contributed by atoms with Gasteiger partial charge in [0, 0.05) is 17.1 Å². The normalized spacial score (nSPS) is 3.00. The first kappa shape index (κ1) is 9.08. The zero-order chi connectivity index (χ0) is 2.71. The molecule has 0 spiro atoms. The third kappa shape index (κ3) is 9.77. The second-order valence-corrected chi connectivity index (χ2v) is 3.18. The Morgan fingerprint density at radius 2 is 1.25 bits per heavy atom.